The fraction of sp³-hybridized carbons (Fsp3) is 0.300. The van der Waals surface area contributed by atoms with Gasteiger partial charge in [-0.3, -0.25) is 4.99 Å². The number of amidine groups is 1. The van der Waals surface area contributed by atoms with E-state index in [1.807, 2.05) is 0 Å². The van der Waals surface area contributed by atoms with Gasteiger partial charge in [-0.05, 0) is 12.1 Å². The van der Waals surface area contributed by atoms with Crippen LogP contribution in [-0.2, 0) is 0 Å². The zero-order chi connectivity index (χ0) is 10.7. The number of hydrogen-bond acceptors (Lipinski definition) is 3. The first-order valence-electron chi connectivity index (χ1n) is 4.61. The first kappa shape index (κ1) is 13.4. The second-order valence-corrected chi connectivity index (χ2v) is 3.96. The second kappa shape index (κ2) is 6.18. The molecule has 0 saturated carbocycles. The minimum atomic E-state index is 0. The number of rotatable bonds is 3. The van der Waals surface area contributed by atoms with Crippen molar-refractivity contribution in [2.24, 2.45) is 4.99 Å². The monoisotopic (exact) mass is 280 g/mol. The lowest BCUT2D eigenvalue weighted by molar-refractivity contribution is 0.374. The molecular weight excluding hydrogens is 270 g/mol. The van der Waals surface area contributed by atoms with Crippen LogP contribution in [0.25, 0.3) is 0 Å². The maximum Gasteiger partial charge on any atom is 0.145 e. The molecule has 6 heteroatoms. The van der Waals surface area contributed by atoms with E-state index in [2.05, 4.69) is 10.3 Å². The molecule has 0 aliphatic carbocycles. The molecule has 0 unspecified atom stereocenters. The van der Waals surface area contributed by atoms with Crippen LogP contribution >= 0.6 is 35.6 Å². The van der Waals surface area contributed by atoms with Crippen LogP contribution in [0.4, 0.5) is 0 Å². The molecule has 1 aliphatic rings. The molecule has 0 radical (unpaired) electrons. The lowest BCUT2D eigenvalue weighted by atomic mass is 10.3. The van der Waals surface area contributed by atoms with Crippen LogP contribution in [0.3, 0.4) is 0 Å². The topological polar surface area (TPSA) is 33.6 Å². The van der Waals surface area contributed by atoms with Gasteiger partial charge in [-0.25, -0.2) is 0 Å². The van der Waals surface area contributed by atoms with E-state index in [1.54, 1.807) is 18.2 Å². The summed E-state index contributed by atoms with van der Waals surface area (Å²) < 4.78 is 5.49. The molecule has 0 bridgehead atoms. The maximum absolute atomic E-state index is 5.94. The average Bonchev–Trinajstić information content (AvgIpc) is 2.72. The molecule has 0 spiro atoms. The fourth-order valence-electron chi connectivity index (χ4n) is 1.28. The van der Waals surface area contributed by atoms with Gasteiger partial charge in [-0.2, -0.15) is 0 Å². The van der Waals surface area contributed by atoms with Crippen molar-refractivity contribution in [3.8, 4) is 5.75 Å². The van der Waals surface area contributed by atoms with Gasteiger partial charge in [0.25, 0.3) is 0 Å². The van der Waals surface area contributed by atoms with Crippen molar-refractivity contribution in [3.05, 3.63) is 28.2 Å². The Morgan fingerprint density at radius 1 is 1.38 bits per heavy atom. The molecule has 0 atom stereocenters. The number of benzene rings is 1. The highest BCUT2D eigenvalue weighted by molar-refractivity contribution is 6.34. The minimum absolute atomic E-state index is 0. The van der Waals surface area contributed by atoms with E-state index in [1.165, 1.54) is 0 Å². The van der Waals surface area contributed by atoms with E-state index in [0.717, 1.165) is 18.9 Å². The Bertz CT molecular complexity index is 396. The predicted octanol–water partition coefficient (Wildman–Crippen LogP) is 2.80. The number of hydrogen-bond donors (Lipinski definition) is 1. The number of aliphatic imine (C=N–C) groups is 1. The third kappa shape index (κ3) is 3.44. The molecule has 1 aromatic rings. The number of halogens is 3. The van der Waals surface area contributed by atoms with Crippen LogP contribution in [0.15, 0.2) is 23.2 Å². The summed E-state index contributed by atoms with van der Waals surface area (Å²) in [4.78, 5) is 4.21. The van der Waals surface area contributed by atoms with Crippen molar-refractivity contribution in [2.45, 2.75) is 0 Å². The van der Waals surface area contributed by atoms with Crippen LogP contribution < -0.4 is 10.1 Å². The molecule has 16 heavy (non-hydrogen) atoms. The third-order valence-electron chi connectivity index (χ3n) is 2.00. The SMILES string of the molecule is Cl.Clc1ccc(Cl)c(OCC2=NCCN2)c1. The maximum atomic E-state index is 5.94. The lowest BCUT2D eigenvalue weighted by Gasteiger charge is -2.08. The molecule has 1 heterocycles. The van der Waals surface area contributed by atoms with E-state index < -0.39 is 0 Å². The Balaban J connectivity index is 0.00000128. The highest BCUT2D eigenvalue weighted by atomic mass is 35.5. The Morgan fingerprint density at radius 2 is 2.19 bits per heavy atom. The van der Waals surface area contributed by atoms with Crippen molar-refractivity contribution in [1.29, 1.82) is 0 Å². The van der Waals surface area contributed by atoms with Gasteiger partial charge in [0.1, 0.15) is 18.2 Å². The minimum Gasteiger partial charge on any atom is -0.484 e. The first-order chi connectivity index (χ1) is 7.25. The third-order valence-corrected chi connectivity index (χ3v) is 2.55. The van der Waals surface area contributed by atoms with E-state index in [-0.39, 0.29) is 12.4 Å². The lowest BCUT2D eigenvalue weighted by Crippen LogP contribution is -2.24. The normalized spacial score (nSPS) is 13.8. The Kier molecular flexibility index (Phi) is 5.19. The molecule has 0 amide bonds. The highest BCUT2D eigenvalue weighted by Gasteiger charge is 2.07. The summed E-state index contributed by atoms with van der Waals surface area (Å²) in [6, 6.07) is 5.13. The largest absolute Gasteiger partial charge is 0.484 e. The average molecular weight is 282 g/mol. The van der Waals surface area contributed by atoms with Crippen LogP contribution in [0.2, 0.25) is 10.0 Å². The molecule has 0 saturated heterocycles. The van der Waals surface area contributed by atoms with Crippen LogP contribution in [0.1, 0.15) is 0 Å². The van der Waals surface area contributed by atoms with Gasteiger partial charge in [0.2, 0.25) is 0 Å². The molecular formula is C10H11Cl3N2O. The summed E-state index contributed by atoms with van der Waals surface area (Å²) in [5, 5.41) is 4.27. The van der Waals surface area contributed by atoms with Gasteiger partial charge in [0, 0.05) is 17.6 Å². The summed E-state index contributed by atoms with van der Waals surface area (Å²) in [6.45, 7) is 2.09. The Labute approximate surface area is 110 Å². The molecule has 2 rings (SSSR count). The van der Waals surface area contributed by atoms with Gasteiger partial charge in [-0.1, -0.05) is 23.2 Å². The smallest absolute Gasteiger partial charge is 0.145 e. The van der Waals surface area contributed by atoms with Crippen molar-refractivity contribution < 1.29 is 4.74 Å². The highest BCUT2D eigenvalue weighted by Crippen LogP contribution is 2.27. The zero-order valence-corrected chi connectivity index (χ0v) is 10.7. The molecule has 3 nitrogen and oxygen atoms in total. The summed E-state index contributed by atoms with van der Waals surface area (Å²) in [7, 11) is 0. The zero-order valence-electron chi connectivity index (χ0n) is 8.37. The molecule has 1 aromatic carbocycles. The summed E-state index contributed by atoms with van der Waals surface area (Å²) in [5.74, 6) is 1.44. The van der Waals surface area contributed by atoms with Crippen LogP contribution in [0, 0.1) is 0 Å². The van der Waals surface area contributed by atoms with Crippen molar-refractivity contribution in [2.75, 3.05) is 19.7 Å². The summed E-state index contributed by atoms with van der Waals surface area (Å²) in [5.41, 5.74) is 0. The van der Waals surface area contributed by atoms with Crippen molar-refractivity contribution in [1.82, 2.24) is 5.32 Å². The van der Waals surface area contributed by atoms with Gasteiger partial charge < -0.3 is 10.1 Å². The molecule has 0 fully saturated rings. The van der Waals surface area contributed by atoms with E-state index >= 15 is 0 Å². The quantitative estimate of drug-likeness (QED) is 0.924. The second-order valence-electron chi connectivity index (χ2n) is 3.12. The number of nitrogens with one attached hydrogen (secondary N) is 1. The molecule has 1 N–H and O–H groups in total. The van der Waals surface area contributed by atoms with Crippen molar-refractivity contribution >= 4 is 41.4 Å². The van der Waals surface area contributed by atoms with Gasteiger partial charge in [-0.15, -0.1) is 12.4 Å². The van der Waals surface area contributed by atoms with Crippen LogP contribution in [0.5, 0.6) is 5.75 Å². The fourth-order valence-corrected chi connectivity index (χ4v) is 1.61. The molecule has 88 valence electrons. The number of ether oxygens (including phenoxy) is 1. The van der Waals surface area contributed by atoms with Crippen molar-refractivity contribution in [3.63, 3.8) is 0 Å². The summed E-state index contributed by atoms with van der Waals surface area (Å²) in [6.07, 6.45) is 0. The standard InChI is InChI=1S/C10H10Cl2N2O.ClH/c11-7-1-2-8(12)9(5-7)15-6-10-13-3-4-14-10;/h1-2,5H,3-4,6H2,(H,13,14);1H. The van der Waals surface area contributed by atoms with Crippen LogP contribution in [-0.4, -0.2) is 25.5 Å². The predicted molar refractivity (Wildman–Crippen MR) is 69.5 cm³/mol. The molecule has 1 aliphatic heterocycles. The van der Waals surface area contributed by atoms with Gasteiger partial charge in [0.15, 0.2) is 0 Å². The van der Waals surface area contributed by atoms with E-state index in [9.17, 15) is 0 Å². The Morgan fingerprint density at radius 3 is 2.88 bits per heavy atom. The number of nitrogens with zero attached hydrogens (tertiary/aromatic N) is 1. The molecule has 0 aromatic heterocycles. The van der Waals surface area contributed by atoms with Gasteiger partial charge in [0.05, 0.1) is 11.6 Å². The van der Waals surface area contributed by atoms with E-state index in [4.69, 9.17) is 27.9 Å². The Hall–Kier alpha value is -0.640. The first-order valence-corrected chi connectivity index (χ1v) is 5.36. The summed E-state index contributed by atoms with van der Waals surface area (Å²) >= 11 is 11.8. The van der Waals surface area contributed by atoms with Gasteiger partial charge >= 0.3 is 0 Å². The van der Waals surface area contributed by atoms with E-state index in [0.29, 0.717) is 22.4 Å².